The normalized spacial score (nSPS) is 41.1. The van der Waals surface area contributed by atoms with E-state index in [1.54, 1.807) is 0 Å². The van der Waals surface area contributed by atoms with Gasteiger partial charge in [0.05, 0.1) is 22.3 Å². The SMILES string of the molecule is C[C@]12CC=C3C=C4CC/C(=N/O)C[C@]45CC[C@]3(O5)[C@@H]1CC[C@@H]2[n+]1ccc2ccncc2c1. The smallest absolute Gasteiger partial charge is 0.178 e. The largest absolute Gasteiger partial charge is 0.411 e. The minimum absolute atomic E-state index is 0.156. The van der Waals surface area contributed by atoms with Gasteiger partial charge in [-0.05, 0) is 61.1 Å². The molecular weight excluding hydrogens is 398 g/mol. The van der Waals surface area contributed by atoms with Crippen molar-refractivity contribution in [2.45, 2.75) is 75.5 Å². The Balaban J connectivity index is 1.30. The summed E-state index contributed by atoms with van der Waals surface area (Å²) in [6.07, 6.45) is 21.5. The molecule has 7 rings (SSSR count). The van der Waals surface area contributed by atoms with Gasteiger partial charge in [0.15, 0.2) is 18.4 Å². The van der Waals surface area contributed by atoms with E-state index in [-0.39, 0.29) is 16.6 Å². The van der Waals surface area contributed by atoms with Crippen LogP contribution in [-0.2, 0) is 4.74 Å². The van der Waals surface area contributed by atoms with Crippen molar-refractivity contribution in [2.24, 2.45) is 16.5 Å². The molecule has 5 heteroatoms. The van der Waals surface area contributed by atoms with E-state index >= 15 is 0 Å². The van der Waals surface area contributed by atoms with E-state index in [0.717, 1.165) is 44.2 Å². The molecule has 3 fully saturated rings. The third-order valence-electron chi connectivity index (χ3n) is 9.57. The number of hydrogen-bond donors (Lipinski definition) is 1. The Kier molecular flexibility index (Phi) is 3.73. The molecule has 2 aromatic heterocycles. The van der Waals surface area contributed by atoms with Gasteiger partial charge in [0, 0.05) is 42.6 Å². The Morgan fingerprint density at radius 3 is 3.03 bits per heavy atom. The molecule has 0 aromatic carbocycles. The van der Waals surface area contributed by atoms with Crippen molar-refractivity contribution in [1.82, 2.24) is 4.98 Å². The Morgan fingerprint density at radius 1 is 1.19 bits per heavy atom. The lowest BCUT2D eigenvalue weighted by molar-refractivity contribution is -0.734. The Labute approximate surface area is 188 Å². The number of allylic oxidation sites excluding steroid dienone is 1. The predicted molar refractivity (Wildman–Crippen MR) is 121 cm³/mol. The summed E-state index contributed by atoms with van der Waals surface area (Å²) in [6, 6.07) is 4.76. The third-order valence-corrected chi connectivity index (χ3v) is 9.57. The fourth-order valence-electron chi connectivity index (χ4n) is 8.03. The monoisotopic (exact) mass is 428 g/mol. The number of aromatic nitrogens is 2. The number of pyridine rings is 2. The highest BCUT2D eigenvalue weighted by Crippen LogP contribution is 2.67. The van der Waals surface area contributed by atoms with Crippen LogP contribution in [0.15, 0.2) is 65.4 Å². The Bertz CT molecular complexity index is 1230. The highest BCUT2D eigenvalue weighted by atomic mass is 16.5. The van der Waals surface area contributed by atoms with Crippen LogP contribution < -0.4 is 4.57 Å². The molecule has 1 saturated heterocycles. The molecule has 164 valence electrons. The number of ether oxygens (including phenoxy) is 1. The second kappa shape index (κ2) is 6.28. The van der Waals surface area contributed by atoms with Gasteiger partial charge >= 0.3 is 0 Å². The van der Waals surface area contributed by atoms with E-state index in [1.165, 1.54) is 34.8 Å². The van der Waals surface area contributed by atoms with Gasteiger partial charge in [0.25, 0.3) is 0 Å². The molecule has 2 bridgehead atoms. The minimum atomic E-state index is -0.241. The molecule has 3 aliphatic carbocycles. The summed E-state index contributed by atoms with van der Waals surface area (Å²) in [4.78, 5) is 4.34. The molecule has 5 nitrogen and oxygen atoms in total. The van der Waals surface area contributed by atoms with Crippen LogP contribution >= 0.6 is 0 Å². The first-order chi connectivity index (χ1) is 15.6. The summed E-state index contributed by atoms with van der Waals surface area (Å²) in [5.41, 5.74) is 3.50. The van der Waals surface area contributed by atoms with Crippen molar-refractivity contribution in [3.8, 4) is 0 Å². The number of hydrogen-bond acceptors (Lipinski definition) is 4. The fourth-order valence-corrected chi connectivity index (χ4v) is 8.03. The molecule has 2 aliphatic heterocycles. The maximum absolute atomic E-state index is 9.46. The molecule has 0 amide bonds. The summed E-state index contributed by atoms with van der Waals surface area (Å²) in [5, 5.41) is 15.5. The Hall–Kier alpha value is -2.53. The molecule has 2 aromatic rings. The topological polar surface area (TPSA) is 58.6 Å². The average Bonchev–Trinajstić information content (AvgIpc) is 3.33. The highest BCUT2D eigenvalue weighted by molar-refractivity contribution is 5.87. The van der Waals surface area contributed by atoms with Crippen molar-refractivity contribution in [3.05, 3.63) is 60.2 Å². The van der Waals surface area contributed by atoms with E-state index in [9.17, 15) is 5.21 Å². The van der Waals surface area contributed by atoms with Crippen LogP contribution in [0, 0.1) is 11.3 Å². The van der Waals surface area contributed by atoms with Gasteiger partial charge < -0.3 is 9.94 Å². The fraction of sp³-hybridized carbons (Fsp3) is 0.519. The summed E-state index contributed by atoms with van der Waals surface area (Å²) in [6.45, 7) is 2.49. The zero-order valence-electron chi connectivity index (χ0n) is 18.6. The molecule has 1 N–H and O–H groups in total. The summed E-state index contributed by atoms with van der Waals surface area (Å²) >= 11 is 0. The van der Waals surface area contributed by atoms with Gasteiger partial charge in [-0.15, -0.1) is 0 Å². The summed E-state index contributed by atoms with van der Waals surface area (Å²) in [7, 11) is 0. The van der Waals surface area contributed by atoms with Crippen LogP contribution in [0.25, 0.3) is 10.8 Å². The number of rotatable bonds is 1. The average molecular weight is 429 g/mol. The first kappa shape index (κ1) is 19.0. The predicted octanol–water partition coefficient (Wildman–Crippen LogP) is 5.05. The zero-order valence-corrected chi connectivity index (χ0v) is 18.6. The van der Waals surface area contributed by atoms with Gasteiger partial charge in [0.1, 0.15) is 0 Å². The molecule has 32 heavy (non-hydrogen) atoms. The second-order valence-electron chi connectivity index (χ2n) is 10.9. The van der Waals surface area contributed by atoms with Crippen LogP contribution in [0.4, 0.5) is 0 Å². The maximum Gasteiger partial charge on any atom is 0.178 e. The molecule has 0 unspecified atom stereocenters. The van der Waals surface area contributed by atoms with E-state index in [0.29, 0.717) is 12.0 Å². The van der Waals surface area contributed by atoms with E-state index in [1.807, 2.05) is 12.4 Å². The number of nitrogens with zero attached hydrogens (tertiary/aromatic N) is 3. The first-order valence-electron chi connectivity index (χ1n) is 12.1. The molecular formula is C27H30N3O2+. The van der Waals surface area contributed by atoms with Gasteiger partial charge in [-0.25, -0.2) is 4.57 Å². The summed E-state index contributed by atoms with van der Waals surface area (Å²) < 4.78 is 9.65. The van der Waals surface area contributed by atoms with E-state index in [2.05, 4.69) is 58.3 Å². The van der Waals surface area contributed by atoms with Gasteiger partial charge in [-0.3, -0.25) is 4.98 Å². The highest BCUT2D eigenvalue weighted by Gasteiger charge is 2.68. The van der Waals surface area contributed by atoms with Gasteiger partial charge in [-0.1, -0.05) is 24.2 Å². The van der Waals surface area contributed by atoms with Crippen LogP contribution in [-0.4, -0.2) is 27.1 Å². The van der Waals surface area contributed by atoms with Crippen molar-refractivity contribution in [1.29, 1.82) is 0 Å². The first-order valence-corrected chi connectivity index (χ1v) is 12.1. The maximum atomic E-state index is 9.46. The molecule has 2 saturated carbocycles. The molecule has 5 aliphatic rings. The molecule has 0 radical (unpaired) electrons. The lowest BCUT2D eigenvalue weighted by Crippen LogP contribution is -2.56. The second-order valence-corrected chi connectivity index (χ2v) is 10.9. The standard InChI is InChI=1S/C27H29N3O2/c1-25-9-6-21-14-20-2-3-22(29-31)15-26(20)10-11-27(21,32-26)23(25)4-5-24(25)30-13-8-18-7-12-28-16-19(18)17-30/h6-8,12-14,16-17,23-24H,2-5,9-11,15H2,1H3/p+1/b29-22-/t23-,24+,25+,26-,27-/m1/s1. The van der Waals surface area contributed by atoms with Crippen LogP contribution in [0.1, 0.15) is 64.3 Å². The molecule has 5 atom stereocenters. The summed E-state index contributed by atoms with van der Waals surface area (Å²) in [5.74, 6) is 0.505. The molecule has 2 spiro atoms. The van der Waals surface area contributed by atoms with Gasteiger partial charge in [-0.2, -0.15) is 0 Å². The lowest BCUT2D eigenvalue weighted by atomic mass is 9.60. The zero-order chi connectivity index (χ0) is 21.6. The van der Waals surface area contributed by atoms with Crippen molar-refractivity contribution in [2.75, 3.05) is 0 Å². The van der Waals surface area contributed by atoms with Crippen LogP contribution in [0.3, 0.4) is 0 Å². The lowest BCUT2D eigenvalue weighted by Gasteiger charge is -2.52. The van der Waals surface area contributed by atoms with Crippen molar-refractivity contribution < 1.29 is 14.5 Å². The van der Waals surface area contributed by atoms with Crippen molar-refractivity contribution in [3.63, 3.8) is 0 Å². The van der Waals surface area contributed by atoms with Gasteiger partial charge in [0.2, 0.25) is 0 Å². The van der Waals surface area contributed by atoms with E-state index in [4.69, 9.17) is 4.74 Å². The van der Waals surface area contributed by atoms with E-state index < -0.39 is 0 Å². The Morgan fingerprint density at radius 2 is 2.12 bits per heavy atom. The minimum Gasteiger partial charge on any atom is -0.411 e. The quantitative estimate of drug-likeness (QED) is 0.393. The van der Waals surface area contributed by atoms with Crippen LogP contribution in [0.2, 0.25) is 0 Å². The van der Waals surface area contributed by atoms with Crippen molar-refractivity contribution >= 4 is 16.5 Å². The van der Waals surface area contributed by atoms with Crippen LogP contribution in [0.5, 0.6) is 0 Å². The number of fused-ring (bicyclic) bond motifs is 2. The molecule has 4 heterocycles. The third kappa shape index (κ3) is 2.30. The number of oxime groups is 1.